The molecule has 1 aromatic rings. The van der Waals surface area contributed by atoms with Crippen molar-refractivity contribution in [2.45, 2.75) is 0 Å². The van der Waals surface area contributed by atoms with Gasteiger partial charge < -0.3 is 10.7 Å². The van der Waals surface area contributed by atoms with Crippen molar-refractivity contribution in [3.05, 3.63) is 23.9 Å². The maximum absolute atomic E-state index is 5.75. The second kappa shape index (κ2) is 4.64. The van der Waals surface area contributed by atoms with Crippen molar-refractivity contribution in [1.29, 1.82) is 0 Å². The topological polar surface area (TPSA) is 75.9 Å². The Morgan fingerprint density at radius 2 is 2.38 bits per heavy atom. The first kappa shape index (κ1) is 9.76. The van der Waals surface area contributed by atoms with Gasteiger partial charge in [0.25, 0.3) is 0 Å². The lowest BCUT2D eigenvalue weighted by Crippen LogP contribution is -2.10. The van der Waals surface area contributed by atoms with Gasteiger partial charge in [0.2, 0.25) is 0 Å². The van der Waals surface area contributed by atoms with Crippen LogP contribution >= 0.6 is 11.6 Å². The second-order valence-electron chi connectivity index (χ2n) is 2.25. The number of hydrazine groups is 1. The van der Waals surface area contributed by atoms with Crippen LogP contribution in [-0.4, -0.2) is 16.7 Å². The monoisotopic (exact) mass is 199 g/mol. The van der Waals surface area contributed by atoms with E-state index in [9.17, 15) is 0 Å². The van der Waals surface area contributed by atoms with Gasteiger partial charge in [-0.15, -0.1) is 16.8 Å². The minimum absolute atomic E-state index is 0.306. The fourth-order valence-corrected chi connectivity index (χ4v) is 0.913. The molecule has 0 atom stereocenters. The van der Waals surface area contributed by atoms with Gasteiger partial charge in [-0.2, -0.15) is 0 Å². The third kappa shape index (κ3) is 2.57. The van der Waals surface area contributed by atoms with Crippen LogP contribution in [0.15, 0.2) is 18.7 Å². The van der Waals surface area contributed by atoms with E-state index < -0.39 is 0 Å². The van der Waals surface area contributed by atoms with Crippen molar-refractivity contribution in [2.75, 3.05) is 17.3 Å². The van der Waals surface area contributed by atoms with Crippen LogP contribution in [0.4, 0.5) is 11.5 Å². The summed E-state index contributed by atoms with van der Waals surface area (Å²) in [7, 11) is 0. The molecule has 13 heavy (non-hydrogen) atoms. The van der Waals surface area contributed by atoms with Crippen LogP contribution in [0.3, 0.4) is 0 Å². The fourth-order valence-electron chi connectivity index (χ4n) is 0.753. The predicted octanol–water partition coefficient (Wildman–Crippen LogP) is 1.01. The molecule has 0 radical (unpaired) electrons. The third-order valence-electron chi connectivity index (χ3n) is 1.33. The Bertz CT molecular complexity index is 301. The Morgan fingerprint density at radius 1 is 1.62 bits per heavy atom. The number of halogens is 1. The summed E-state index contributed by atoms with van der Waals surface area (Å²) < 4.78 is 0. The van der Waals surface area contributed by atoms with E-state index in [1.807, 2.05) is 0 Å². The molecule has 70 valence electrons. The molecule has 5 nitrogen and oxygen atoms in total. The number of nitrogen functional groups attached to an aromatic ring is 1. The van der Waals surface area contributed by atoms with Crippen molar-refractivity contribution >= 4 is 23.1 Å². The lowest BCUT2D eigenvalue weighted by atomic mass is 10.4. The Labute approximate surface area is 81.0 Å². The summed E-state index contributed by atoms with van der Waals surface area (Å²) in [6, 6.07) is 1.67. The summed E-state index contributed by atoms with van der Waals surface area (Å²) in [5.74, 6) is 5.61. The van der Waals surface area contributed by atoms with Crippen LogP contribution < -0.4 is 16.6 Å². The number of anilines is 2. The van der Waals surface area contributed by atoms with E-state index in [-0.39, 0.29) is 0 Å². The number of nitrogens with two attached hydrogens (primary N) is 1. The van der Waals surface area contributed by atoms with Gasteiger partial charge in [-0.05, 0) is 0 Å². The lowest BCUT2D eigenvalue weighted by Gasteiger charge is -2.05. The van der Waals surface area contributed by atoms with E-state index in [0.29, 0.717) is 23.2 Å². The van der Waals surface area contributed by atoms with Crippen LogP contribution in [0.25, 0.3) is 0 Å². The van der Waals surface area contributed by atoms with Crippen molar-refractivity contribution in [3.63, 3.8) is 0 Å². The number of nitrogens with one attached hydrogen (secondary N) is 2. The summed E-state index contributed by atoms with van der Waals surface area (Å²) >= 11 is 5.75. The molecule has 1 rings (SSSR count). The van der Waals surface area contributed by atoms with E-state index >= 15 is 0 Å². The molecule has 0 fully saturated rings. The lowest BCUT2D eigenvalue weighted by molar-refractivity contribution is 1.02. The minimum atomic E-state index is 0.306. The molecule has 0 bridgehead atoms. The number of aromatic nitrogens is 2. The van der Waals surface area contributed by atoms with Crippen LogP contribution in [-0.2, 0) is 0 Å². The van der Waals surface area contributed by atoms with Crippen LogP contribution in [0.5, 0.6) is 0 Å². The van der Waals surface area contributed by atoms with Crippen molar-refractivity contribution in [2.24, 2.45) is 5.84 Å². The number of rotatable bonds is 4. The van der Waals surface area contributed by atoms with Crippen LogP contribution in [0.1, 0.15) is 0 Å². The summed E-state index contributed by atoms with van der Waals surface area (Å²) in [5, 5.41) is 10.7. The molecule has 0 amide bonds. The maximum atomic E-state index is 5.75. The zero-order chi connectivity index (χ0) is 9.68. The van der Waals surface area contributed by atoms with Crippen LogP contribution in [0, 0.1) is 0 Å². The van der Waals surface area contributed by atoms with Gasteiger partial charge in [-0.1, -0.05) is 17.7 Å². The second-order valence-corrected chi connectivity index (χ2v) is 2.61. The summed E-state index contributed by atoms with van der Waals surface area (Å²) in [6.45, 7) is 4.17. The van der Waals surface area contributed by atoms with Gasteiger partial charge in [-0.25, -0.2) is 5.84 Å². The Balaban J connectivity index is 2.83. The van der Waals surface area contributed by atoms with Gasteiger partial charge in [0.15, 0.2) is 11.0 Å². The fraction of sp³-hybridized carbons (Fsp3) is 0.143. The Hall–Kier alpha value is -1.33. The van der Waals surface area contributed by atoms with Crippen molar-refractivity contribution in [3.8, 4) is 0 Å². The molecule has 0 spiro atoms. The number of hydrogen-bond donors (Lipinski definition) is 3. The normalized spacial score (nSPS) is 9.38. The first-order chi connectivity index (χ1) is 6.27. The molecule has 0 aliphatic carbocycles. The van der Waals surface area contributed by atoms with Gasteiger partial charge in [0.1, 0.15) is 0 Å². The van der Waals surface area contributed by atoms with Crippen molar-refractivity contribution in [1.82, 2.24) is 10.2 Å². The van der Waals surface area contributed by atoms with E-state index in [1.54, 1.807) is 12.1 Å². The molecule has 0 saturated carbocycles. The first-order valence-corrected chi connectivity index (χ1v) is 4.00. The SMILES string of the molecule is C=CCNc1cc(NN)nnc1Cl. The van der Waals surface area contributed by atoms with Gasteiger partial charge in [-0.3, -0.25) is 0 Å². The molecule has 1 aromatic heterocycles. The van der Waals surface area contributed by atoms with Crippen molar-refractivity contribution < 1.29 is 0 Å². The minimum Gasteiger partial charge on any atom is -0.379 e. The number of hydrogen-bond acceptors (Lipinski definition) is 5. The van der Waals surface area contributed by atoms with Gasteiger partial charge in [0.05, 0.1) is 5.69 Å². The highest BCUT2D eigenvalue weighted by Gasteiger charge is 2.02. The average molecular weight is 200 g/mol. The predicted molar refractivity (Wildman–Crippen MR) is 53.5 cm³/mol. The third-order valence-corrected chi connectivity index (χ3v) is 1.61. The smallest absolute Gasteiger partial charge is 0.174 e. The van der Waals surface area contributed by atoms with E-state index in [0.717, 1.165) is 0 Å². The summed E-state index contributed by atoms with van der Waals surface area (Å²) in [5.41, 5.74) is 3.04. The van der Waals surface area contributed by atoms with Gasteiger partial charge in [0, 0.05) is 12.6 Å². The largest absolute Gasteiger partial charge is 0.379 e. The zero-order valence-electron chi connectivity index (χ0n) is 6.92. The zero-order valence-corrected chi connectivity index (χ0v) is 7.67. The Kier molecular flexibility index (Phi) is 3.48. The quantitative estimate of drug-likeness (QED) is 0.384. The Morgan fingerprint density at radius 3 is 3.00 bits per heavy atom. The molecule has 0 aliphatic rings. The molecule has 0 aromatic carbocycles. The maximum Gasteiger partial charge on any atom is 0.174 e. The summed E-state index contributed by atoms with van der Waals surface area (Å²) in [6.07, 6.45) is 1.71. The highest BCUT2D eigenvalue weighted by Crippen LogP contribution is 2.19. The molecular formula is C7H10ClN5. The van der Waals surface area contributed by atoms with E-state index in [4.69, 9.17) is 17.4 Å². The molecule has 0 saturated heterocycles. The molecule has 1 heterocycles. The highest BCUT2D eigenvalue weighted by atomic mass is 35.5. The van der Waals surface area contributed by atoms with E-state index in [1.165, 1.54) is 0 Å². The number of nitrogens with zero attached hydrogens (tertiary/aromatic N) is 2. The average Bonchev–Trinajstić information content (AvgIpc) is 2.17. The molecular weight excluding hydrogens is 190 g/mol. The van der Waals surface area contributed by atoms with E-state index in [2.05, 4.69) is 27.5 Å². The standard InChI is InChI=1S/C7H10ClN5/c1-2-3-10-5-4-6(11-9)12-13-7(5)8/h2,4H,1,3,9H2,(H2,10,11,12). The van der Waals surface area contributed by atoms with Crippen LogP contribution in [0.2, 0.25) is 5.15 Å². The first-order valence-electron chi connectivity index (χ1n) is 3.62. The molecule has 6 heteroatoms. The molecule has 0 unspecified atom stereocenters. The van der Waals surface area contributed by atoms with Gasteiger partial charge >= 0.3 is 0 Å². The highest BCUT2D eigenvalue weighted by molar-refractivity contribution is 6.31. The summed E-state index contributed by atoms with van der Waals surface area (Å²) in [4.78, 5) is 0. The molecule has 0 aliphatic heterocycles. The molecule has 4 N–H and O–H groups in total.